The molecule has 1 aromatic carbocycles. The number of rotatable bonds is 1. The van der Waals surface area contributed by atoms with Crippen LogP contribution in [0.2, 0.25) is 0 Å². The number of nitrogens with one attached hydrogen (secondary N) is 2. The summed E-state index contributed by atoms with van der Waals surface area (Å²) in [6, 6.07) is 6.77. The van der Waals surface area contributed by atoms with E-state index in [1.54, 1.807) is 0 Å². The number of carbonyl (C=O) groups excluding carboxylic acids is 1. The van der Waals surface area contributed by atoms with Crippen LogP contribution >= 0.6 is 0 Å². The van der Waals surface area contributed by atoms with Crippen molar-refractivity contribution in [1.82, 2.24) is 15.2 Å². The maximum Gasteiger partial charge on any atom is 0.230 e. The molecule has 5 rings (SSSR count). The summed E-state index contributed by atoms with van der Waals surface area (Å²) in [6.45, 7) is 2.62. The molecule has 3 aliphatic rings. The fraction of sp³-hybridized carbons (Fsp3) is 0.421. The summed E-state index contributed by atoms with van der Waals surface area (Å²) < 4.78 is 0. The van der Waals surface area contributed by atoms with Crippen LogP contribution in [0.4, 0.5) is 0 Å². The number of amides is 1. The van der Waals surface area contributed by atoms with Crippen LogP contribution in [0.3, 0.4) is 0 Å². The Kier molecular flexibility index (Phi) is 2.89. The summed E-state index contributed by atoms with van der Waals surface area (Å²) >= 11 is 0. The number of hydrogen-bond donors (Lipinski definition) is 2. The molecule has 0 spiro atoms. The van der Waals surface area contributed by atoms with E-state index in [1.807, 2.05) is 4.90 Å². The number of aromatic nitrogens is 1. The summed E-state index contributed by atoms with van der Waals surface area (Å²) in [4.78, 5) is 18.2. The van der Waals surface area contributed by atoms with Crippen molar-refractivity contribution in [2.24, 2.45) is 5.92 Å². The van der Waals surface area contributed by atoms with Gasteiger partial charge < -0.3 is 15.2 Å². The average molecular weight is 307 g/mol. The lowest BCUT2D eigenvalue weighted by molar-refractivity contribution is -0.132. The first-order chi connectivity index (χ1) is 11.3. The second kappa shape index (κ2) is 4.96. The van der Waals surface area contributed by atoms with Gasteiger partial charge in [-0.1, -0.05) is 18.2 Å². The van der Waals surface area contributed by atoms with Gasteiger partial charge in [0.1, 0.15) is 0 Å². The molecule has 1 amide bonds. The van der Waals surface area contributed by atoms with Gasteiger partial charge in [-0.05, 0) is 42.0 Å². The zero-order chi connectivity index (χ0) is 15.4. The summed E-state index contributed by atoms with van der Waals surface area (Å²) in [6.07, 6.45) is 7.68. The van der Waals surface area contributed by atoms with Gasteiger partial charge in [0, 0.05) is 42.8 Å². The number of benzene rings is 1. The average Bonchev–Trinajstić information content (AvgIpc) is 3.25. The Balaban J connectivity index is 1.56. The Morgan fingerprint density at radius 3 is 2.96 bits per heavy atom. The Labute approximate surface area is 135 Å². The molecule has 23 heavy (non-hydrogen) atoms. The Morgan fingerprint density at radius 2 is 2.09 bits per heavy atom. The van der Waals surface area contributed by atoms with Crippen LogP contribution in [-0.2, 0) is 11.2 Å². The summed E-state index contributed by atoms with van der Waals surface area (Å²) in [5.41, 5.74) is 5.19. The monoisotopic (exact) mass is 307 g/mol. The van der Waals surface area contributed by atoms with E-state index in [9.17, 15) is 4.79 Å². The van der Waals surface area contributed by atoms with Crippen molar-refractivity contribution in [3.63, 3.8) is 0 Å². The van der Waals surface area contributed by atoms with Gasteiger partial charge in [-0.15, -0.1) is 0 Å². The molecule has 4 heteroatoms. The lowest BCUT2D eigenvalue weighted by Crippen LogP contribution is -2.46. The Bertz CT molecular complexity index is 813. The summed E-state index contributed by atoms with van der Waals surface area (Å²) in [5.74, 6) is 0.281. The number of fused-ring (bicyclic) bond motifs is 2. The van der Waals surface area contributed by atoms with Crippen molar-refractivity contribution in [2.45, 2.75) is 25.3 Å². The predicted molar refractivity (Wildman–Crippen MR) is 91.1 cm³/mol. The van der Waals surface area contributed by atoms with Gasteiger partial charge in [-0.3, -0.25) is 4.79 Å². The predicted octanol–water partition coefficient (Wildman–Crippen LogP) is 2.32. The molecule has 0 radical (unpaired) electrons. The highest BCUT2D eigenvalue weighted by molar-refractivity contribution is 5.99. The van der Waals surface area contributed by atoms with Crippen LogP contribution in [0.15, 0.2) is 30.5 Å². The van der Waals surface area contributed by atoms with Crippen LogP contribution < -0.4 is 5.32 Å². The third kappa shape index (κ3) is 1.98. The molecule has 1 saturated heterocycles. The first-order valence-electron chi connectivity index (χ1n) is 8.64. The number of nitrogens with zero attached hydrogens (tertiary/aromatic N) is 1. The second-order valence-electron chi connectivity index (χ2n) is 6.97. The lowest BCUT2D eigenvalue weighted by atomic mass is 9.80. The molecular weight excluding hydrogens is 286 g/mol. The van der Waals surface area contributed by atoms with E-state index in [4.69, 9.17) is 0 Å². The quantitative estimate of drug-likeness (QED) is 0.849. The number of carbonyl (C=O) groups is 1. The van der Waals surface area contributed by atoms with Crippen molar-refractivity contribution in [3.8, 4) is 0 Å². The highest BCUT2D eigenvalue weighted by Crippen LogP contribution is 2.38. The molecule has 2 N–H and O–H groups in total. The molecule has 118 valence electrons. The molecule has 0 bridgehead atoms. The zero-order valence-corrected chi connectivity index (χ0v) is 13.1. The van der Waals surface area contributed by atoms with Gasteiger partial charge in [-0.2, -0.15) is 0 Å². The molecule has 1 fully saturated rings. The van der Waals surface area contributed by atoms with Gasteiger partial charge in [0.2, 0.25) is 5.91 Å². The largest absolute Gasteiger partial charge is 0.361 e. The van der Waals surface area contributed by atoms with Gasteiger partial charge >= 0.3 is 0 Å². The molecular formula is C19H21N3O. The topological polar surface area (TPSA) is 48.1 Å². The van der Waals surface area contributed by atoms with Crippen LogP contribution in [0.1, 0.15) is 24.0 Å². The third-order valence-electron chi connectivity index (χ3n) is 5.60. The minimum atomic E-state index is -0.0184. The normalized spacial score (nSPS) is 26.3. The van der Waals surface area contributed by atoms with E-state index in [0.29, 0.717) is 11.9 Å². The maximum atomic E-state index is 12.7. The number of H-pyrrole nitrogens is 1. The van der Waals surface area contributed by atoms with Gasteiger partial charge in [-0.25, -0.2) is 0 Å². The number of hydrogen-bond acceptors (Lipinski definition) is 2. The van der Waals surface area contributed by atoms with E-state index >= 15 is 0 Å². The highest BCUT2D eigenvalue weighted by atomic mass is 16.2. The van der Waals surface area contributed by atoms with E-state index in [-0.39, 0.29) is 5.92 Å². The van der Waals surface area contributed by atoms with Crippen LogP contribution in [0, 0.1) is 5.92 Å². The van der Waals surface area contributed by atoms with E-state index in [0.717, 1.165) is 38.9 Å². The zero-order valence-electron chi connectivity index (χ0n) is 13.1. The smallest absolute Gasteiger partial charge is 0.230 e. The van der Waals surface area contributed by atoms with E-state index in [1.165, 1.54) is 27.6 Å². The van der Waals surface area contributed by atoms with Gasteiger partial charge in [0.15, 0.2) is 0 Å². The first-order valence-corrected chi connectivity index (χ1v) is 8.64. The van der Waals surface area contributed by atoms with Crippen molar-refractivity contribution >= 4 is 22.4 Å². The van der Waals surface area contributed by atoms with Crippen LogP contribution in [0.25, 0.3) is 16.5 Å². The second-order valence-corrected chi connectivity index (χ2v) is 6.97. The third-order valence-corrected chi connectivity index (χ3v) is 5.60. The van der Waals surface area contributed by atoms with E-state index in [2.05, 4.69) is 40.8 Å². The summed E-state index contributed by atoms with van der Waals surface area (Å²) in [7, 11) is 0. The molecule has 4 nitrogen and oxygen atoms in total. The van der Waals surface area contributed by atoms with Crippen molar-refractivity contribution in [3.05, 3.63) is 41.6 Å². The molecule has 1 aliphatic carbocycles. The molecule has 2 atom stereocenters. The van der Waals surface area contributed by atoms with Crippen LogP contribution in [0.5, 0.6) is 0 Å². The van der Waals surface area contributed by atoms with E-state index < -0.39 is 0 Å². The fourth-order valence-electron chi connectivity index (χ4n) is 4.44. The molecule has 0 saturated carbocycles. The molecule has 3 heterocycles. The van der Waals surface area contributed by atoms with Gasteiger partial charge in [0.05, 0.1) is 5.92 Å². The summed E-state index contributed by atoms with van der Waals surface area (Å²) in [5, 5.41) is 4.96. The molecule has 0 unspecified atom stereocenters. The fourth-order valence-corrected chi connectivity index (χ4v) is 4.44. The minimum absolute atomic E-state index is 0.0184. The molecule has 2 aliphatic heterocycles. The first kappa shape index (κ1) is 13.4. The highest BCUT2D eigenvalue weighted by Gasteiger charge is 2.34. The maximum absolute atomic E-state index is 12.7. The number of aromatic amines is 1. The van der Waals surface area contributed by atoms with Gasteiger partial charge in [0.25, 0.3) is 0 Å². The molecule has 2 aromatic rings. The molecule has 1 aromatic heterocycles. The lowest BCUT2D eigenvalue weighted by Gasteiger charge is -2.34. The Hall–Kier alpha value is -2.07. The minimum Gasteiger partial charge on any atom is -0.361 e. The number of likely N-dealkylation sites (tertiary alicyclic amines) is 1. The standard InChI is InChI=1S/C19H21N3O/c23-19(22-6-1-2-7-22)13-8-15-14-4-3-5-16-18(14)12(10-20-16)9-17(15)21-11-13/h3-5,8,10,13,17,20-21H,1-2,6-7,9,11H2/t13-,17-/m1/s1. The Morgan fingerprint density at radius 1 is 1.22 bits per heavy atom. The van der Waals surface area contributed by atoms with Crippen LogP contribution in [-0.4, -0.2) is 41.5 Å². The van der Waals surface area contributed by atoms with Crippen molar-refractivity contribution < 1.29 is 4.79 Å². The van der Waals surface area contributed by atoms with Crippen molar-refractivity contribution in [2.75, 3.05) is 19.6 Å². The SMILES string of the molecule is O=C([C@@H]1C=C2c3cccc4[nH]cc(c34)C[C@H]2NC1)N1CCCC1. The van der Waals surface area contributed by atoms with Crippen molar-refractivity contribution in [1.29, 1.82) is 0 Å².